The van der Waals surface area contributed by atoms with Gasteiger partial charge in [0.15, 0.2) is 0 Å². The van der Waals surface area contributed by atoms with Crippen LogP contribution in [0.4, 0.5) is 4.79 Å². The number of ether oxygens (including phenoxy) is 2. The highest BCUT2D eigenvalue weighted by molar-refractivity contribution is 6.32. The van der Waals surface area contributed by atoms with Crippen LogP contribution in [0.5, 0.6) is 5.75 Å². The summed E-state index contributed by atoms with van der Waals surface area (Å²) >= 11 is 5.95. The highest BCUT2D eigenvalue weighted by Gasteiger charge is 2.18. The standard InChI is InChI=1S/C15H21ClN2O3/c1-18-7-5-12(6-8-18)17-15(19)21-10-11-3-4-13(16)14(9-11)20-2/h3-4,9,12H,5-8,10H2,1-2H3,(H,17,19). The summed E-state index contributed by atoms with van der Waals surface area (Å²) in [7, 11) is 3.64. The number of carbonyl (C=O) groups excluding carboxylic acids is 1. The molecular weight excluding hydrogens is 292 g/mol. The molecule has 5 nitrogen and oxygen atoms in total. The largest absolute Gasteiger partial charge is 0.495 e. The SMILES string of the molecule is COc1cc(COC(=O)NC2CCN(C)CC2)ccc1Cl. The van der Waals surface area contributed by atoms with Gasteiger partial charge in [-0.25, -0.2) is 4.79 Å². The first kappa shape index (κ1) is 15.9. The van der Waals surface area contributed by atoms with Crippen LogP contribution in [-0.2, 0) is 11.3 Å². The summed E-state index contributed by atoms with van der Waals surface area (Å²) in [5.74, 6) is 0.577. The van der Waals surface area contributed by atoms with Crippen LogP contribution in [-0.4, -0.2) is 44.3 Å². The molecule has 1 saturated heterocycles. The lowest BCUT2D eigenvalue weighted by molar-refractivity contribution is 0.129. The summed E-state index contributed by atoms with van der Waals surface area (Å²) in [6.07, 6.45) is 1.54. The zero-order valence-electron chi connectivity index (χ0n) is 12.4. The number of likely N-dealkylation sites (tertiary alicyclic amines) is 1. The molecule has 0 aliphatic carbocycles. The summed E-state index contributed by atoms with van der Waals surface area (Å²) in [5, 5.41) is 3.44. The average molecular weight is 313 g/mol. The monoisotopic (exact) mass is 312 g/mol. The van der Waals surface area contributed by atoms with E-state index in [1.54, 1.807) is 19.2 Å². The zero-order valence-corrected chi connectivity index (χ0v) is 13.2. The van der Waals surface area contributed by atoms with E-state index >= 15 is 0 Å². The molecule has 1 heterocycles. The summed E-state index contributed by atoms with van der Waals surface area (Å²) in [4.78, 5) is 14.0. The maximum absolute atomic E-state index is 11.8. The van der Waals surface area contributed by atoms with Gasteiger partial charge >= 0.3 is 6.09 Å². The number of benzene rings is 1. The molecule has 0 unspecified atom stereocenters. The topological polar surface area (TPSA) is 50.8 Å². The first-order chi connectivity index (χ1) is 10.1. The molecule has 1 aromatic rings. The van der Waals surface area contributed by atoms with Gasteiger partial charge in [-0.3, -0.25) is 0 Å². The molecule has 1 fully saturated rings. The Bertz CT molecular complexity index is 488. The maximum atomic E-state index is 11.8. The van der Waals surface area contributed by atoms with E-state index in [1.807, 2.05) is 6.07 Å². The smallest absolute Gasteiger partial charge is 0.407 e. The number of nitrogens with zero attached hydrogens (tertiary/aromatic N) is 1. The second-order valence-corrected chi connectivity index (χ2v) is 5.67. The molecule has 6 heteroatoms. The molecular formula is C15H21ClN2O3. The first-order valence-electron chi connectivity index (χ1n) is 7.02. The van der Waals surface area contributed by atoms with E-state index in [2.05, 4.69) is 17.3 Å². The van der Waals surface area contributed by atoms with Gasteiger partial charge in [0.05, 0.1) is 12.1 Å². The van der Waals surface area contributed by atoms with Gasteiger partial charge < -0.3 is 19.7 Å². The average Bonchev–Trinajstić information content (AvgIpc) is 2.49. The van der Waals surface area contributed by atoms with Crippen LogP contribution in [0.15, 0.2) is 18.2 Å². The quantitative estimate of drug-likeness (QED) is 0.928. The number of piperidine rings is 1. The molecule has 21 heavy (non-hydrogen) atoms. The zero-order chi connectivity index (χ0) is 15.2. The number of methoxy groups -OCH3 is 1. The van der Waals surface area contributed by atoms with Gasteiger partial charge in [-0.2, -0.15) is 0 Å². The van der Waals surface area contributed by atoms with Crippen molar-refractivity contribution in [2.75, 3.05) is 27.2 Å². The molecule has 116 valence electrons. The van der Waals surface area contributed by atoms with Gasteiger partial charge in [-0.15, -0.1) is 0 Å². The van der Waals surface area contributed by atoms with Crippen LogP contribution < -0.4 is 10.1 Å². The molecule has 2 rings (SSSR count). The fourth-order valence-corrected chi connectivity index (χ4v) is 2.50. The van der Waals surface area contributed by atoms with Crippen molar-refractivity contribution < 1.29 is 14.3 Å². The highest BCUT2D eigenvalue weighted by Crippen LogP contribution is 2.25. The van der Waals surface area contributed by atoms with Crippen molar-refractivity contribution in [3.05, 3.63) is 28.8 Å². The van der Waals surface area contributed by atoms with E-state index in [0.717, 1.165) is 31.5 Å². The van der Waals surface area contributed by atoms with Crippen molar-refractivity contribution in [3.63, 3.8) is 0 Å². The highest BCUT2D eigenvalue weighted by atomic mass is 35.5. The number of rotatable bonds is 4. The fraction of sp³-hybridized carbons (Fsp3) is 0.533. The van der Waals surface area contributed by atoms with E-state index in [0.29, 0.717) is 10.8 Å². The van der Waals surface area contributed by atoms with Gasteiger partial charge in [-0.05, 0) is 50.7 Å². The molecule has 1 aliphatic heterocycles. The molecule has 1 N–H and O–H groups in total. The predicted octanol–water partition coefficient (Wildman–Crippen LogP) is 2.67. The van der Waals surface area contributed by atoms with E-state index in [1.165, 1.54) is 0 Å². The Kier molecular flexibility index (Phi) is 5.70. The van der Waals surface area contributed by atoms with Gasteiger partial charge in [0.1, 0.15) is 12.4 Å². The van der Waals surface area contributed by atoms with Crippen LogP contribution in [0, 0.1) is 0 Å². The van der Waals surface area contributed by atoms with Gasteiger partial charge in [0, 0.05) is 6.04 Å². The van der Waals surface area contributed by atoms with Crippen molar-refractivity contribution >= 4 is 17.7 Å². The Morgan fingerprint density at radius 3 is 2.81 bits per heavy atom. The Morgan fingerprint density at radius 1 is 1.43 bits per heavy atom. The minimum Gasteiger partial charge on any atom is -0.495 e. The van der Waals surface area contributed by atoms with Crippen molar-refractivity contribution in [1.82, 2.24) is 10.2 Å². The van der Waals surface area contributed by atoms with Crippen molar-refractivity contribution in [1.29, 1.82) is 0 Å². The molecule has 0 aromatic heterocycles. The van der Waals surface area contributed by atoms with Crippen LogP contribution in [0.1, 0.15) is 18.4 Å². The van der Waals surface area contributed by atoms with Gasteiger partial charge in [-0.1, -0.05) is 17.7 Å². The molecule has 0 bridgehead atoms. The van der Waals surface area contributed by atoms with Crippen molar-refractivity contribution in [2.24, 2.45) is 0 Å². The Morgan fingerprint density at radius 2 is 2.14 bits per heavy atom. The lowest BCUT2D eigenvalue weighted by Crippen LogP contribution is -2.43. The van der Waals surface area contributed by atoms with Crippen LogP contribution in [0.2, 0.25) is 5.02 Å². The summed E-state index contributed by atoms with van der Waals surface area (Å²) < 4.78 is 10.4. The Labute approximate surface area is 130 Å². The minimum atomic E-state index is -0.376. The van der Waals surface area contributed by atoms with Gasteiger partial charge in [0.25, 0.3) is 0 Å². The van der Waals surface area contributed by atoms with Crippen molar-refractivity contribution in [3.8, 4) is 5.75 Å². The van der Waals surface area contributed by atoms with E-state index in [9.17, 15) is 4.79 Å². The number of halogens is 1. The summed E-state index contributed by atoms with van der Waals surface area (Å²) in [6, 6.07) is 5.51. The number of hydrogen-bond donors (Lipinski definition) is 1. The normalized spacial score (nSPS) is 16.5. The summed E-state index contributed by atoms with van der Waals surface area (Å²) in [6.45, 7) is 2.20. The molecule has 0 spiro atoms. The molecule has 1 amide bonds. The Balaban J connectivity index is 1.78. The lowest BCUT2D eigenvalue weighted by atomic mass is 10.1. The van der Waals surface area contributed by atoms with Crippen LogP contribution in [0.3, 0.4) is 0 Å². The number of alkyl carbamates (subject to hydrolysis) is 1. The third-order valence-electron chi connectivity index (χ3n) is 3.63. The van der Waals surface area contributed by atoms with Crippen LogP contribution >= 0.6 is 11.6 Å². The molecule has 0 radical (unpaired) electrons. The number of carbonyl (C=O) groups is 1. The van der Waals surface area contributed by atoms with Crippen LogP contribution in [0.25, 0.3) is 0 Å². The molecule has 0 saturated carbocycles. The minimum absolute atomic E-state index is 0.200. The predicted molar refractivity (Wildman–Crippen MR) is 81.8 cm³/mol. The number of hydrogen-bond acceptors (Lipinski definition) is 4. The second-order valence-electron chi connectivity index (χ2n) is 5.27. The van der Waals surface area contributed by atoms with E-state index in [-0.39, 0.29) is 18.7 Å². The van der Waals surface area contributed by atoms with Gasteiger partial charge in [0.2, 0.25) is 0 Å². The van der Waals surface area contributed by atoms with Crippen molar-refractivity contribution in [2.45, 2.75) is 25.5 Å². The number of amides is 1. The number of nitrogens with one attached hydrogen (secondary N) is 1. The third-order valence-corrected chi connectivity index (χ3v) is 3.94. The van der Waals surface area contributed by atoms with E-state index < -0.39 is 0 Å². The van der Waals surface area contributed by atoms with E-state index in [4.69, 9.17) is 21.1 Å². The Hall–Kier alpha value is -1.46. The summed E-state index contributed by atoms with van der Waals surface area (Å²) in [5.41, 5.74) is 0.842. The fourth-order valence-electron chi connectivity index (χ4n) is 2.30. The molecule has 0 atom stereocenters. The lowest BCUT2D eigenvalue weighted by Gasteiger charge is -2.29. The molecule has 1 aliphatic rings. The molecule has 1 aromatic carbocycles. The first-order valence-corrected chi connectivity index (χ1v) is 7.40. The second kappa shape index (κ2) is 7.52. The maximum Gasteiger partial charge on any atom is 0.407 e. The third kappa shape index (κ3) is 4.79.